The number of methoxy groups -OCH3 is 1. The number of hydrogen-bond acceptors (Lipinski definition) is 7. The Morgan fingerprint density at radius 1 is 1.12 bits per heavy atom. The number of pyridine rings is 1. The molecule has 3 aromatic rings. The van der Waals surface area contributed by atoms with E-state index in [0.29, 0.717) is 40.2 Å². The first-order chi connectivity index (χ1) is 16.1. The maximum atomic E-state index is 13.2. The lowest BCUT2D eigenvalue weighted by Gasteiger charge is -2.20. The Kier molecular flexibility index (Phi) is 5.35. The molecular weight excluding hydrogens is 424 g/mol. The number of rotatable bonds is 5. The van der Waals surface area contributed by atoms with Crippen LogP contribution < -0.4 is 24.4 Å². The molecule has 0 saturated carbocycles. The smallest absolute Gasteiger partial charge is 0.244 e. The Balaban J connectivity index is 1.39. The molecule has 2 aromatic carbocycles. The number of anilines is 2. The number of aliphatic imine (C=N–C) groups is 1. The molecule has 1 aromatic heterocycles. The largest absolute Gasteiger partial charge is 0.497 e. The Bertz CT molecular complexity index is 1270. The molecule has 0 fully saturated rings. The van der Waals surface area contributed by atoms with Gasteiger partial charge in [0.05, 0.1) is 19.2 Å². The van der Waals surface area contributed by atoms with Gasteiger partial charge < -0.3 is 19.5 Å². The van der Waals surface area contributed by atoms with Crippen LogP contribution in [0, 0.1) is 0 Å². The van der Waals surface area contributed by atoms with Crippen LogP contribution in [0.4, 0.5) is 17.2 Å². The van der Waals surface area contributed by atoms with Crippen LogP contribution in [0.2, 0.25) is 0 Å². The molecule has 9 nitrogen and oxygen atoms in total. The number of nitrogens with one attached hydrogen (secondary N) is 1. The van der Waals surface area contributed by atoms with Gasteiger partial charge in [-0.25, -0.2) is 9.98 Å². The van der Waals surface area contributed by atoms with E-state index in [2.05, 4.69) is 10.3 Å². The SMILES string of the molecule is COc1cccc(C2=Nc3cccnc3N(CC(=O)Nc3ccc4c(c3)OCO4)C(=O)C2)c1. The molecule has 0 unspecified atom stereocenters. The minimum absolute atomic E-state index is 0.0147. The van der Waals surface area contributed by atoms with E-state index in [9.17, 15) is 9.59 Å². The zero-order chi connectivity index (χ0) is 22.8. The predicted molar refractivity (Wildman–Crippen MR) is 122 cm³/mol. The van der Waals surface area contributed by atoms with Crippen molar-refractivity contribution in [2.45, 2.75) is 6.42 Å². The summed E-state index contributed by atoms with van der Waals surface area (Å²) in [5.74, 6) is 1.52. The number of carbonyl (C=O) groups is 2. The van der Waals surface area contributed by atoms with E-state index in [1.807, 2.05) is 24.3 Å². The minimum atomic E-state index is -0.372. The molecule has 5 rings (SSSR count). The highest BCUT2D eigenvalue weighted by Crippen LogP contribution is 2.34. The van der Waals surface area contributed by atoms with Crippen LogP contribution in [0.15, 0.2) is 65.8 Å². The van der Waals surface area contributed by atoms with Crippen LogP contribution in [0.25, 0.3) is 0 Å². The lowest BCUT2D eigenvalue weighted by atomic mass is 10.1. The summed E-state index contributed by atoms with van der Waals surface area (Å²) in [6.45, 7) is -0.0642. The molecule has 166 valence electrons. The van der Waals surface area contributed by atoms with Gasteiger partial charge in [0.15, 0.2) is 17.3 Å². The molecule has 0 radical (unpaired) electrons. The van der Waals surface area contributed by atoms with Crippen molar-refractivity contribution >= 4 is 34.7 Å². The number of amides is 2. The first-order valence-electron chi connectivity index (χ1n) is 10.3. The van der Waals surface area contributed by atoms with E-state index in [-0.39, 0.29) is 31.6 Å². The molecule has 2 amide bonds. The van der Waals surface area contributed by atoms with E-state index < -0.39 is 0 Å². The van der Waals surface area contributed by atoms with Crippen LogP contribution in [0.5, 0.6) is 17.2 Å². The quantitative estimate of drug-likeness (QED) is 0.648. The third-order valence-corrected chi connectivity index (χ3v) is 5.26. The normalized spacial score (nSPS) is 14.3. The first-order valence-corrected chi connectivity index (χ1v) is 10.3. The summed E-state index contributed by atoms with van der Waals surface area (Å²) in [6, 6.07) is 16.0. The summed E-state index contributed by atoms with van der Waals surface area (Å²) in [5, 5.41) is 2.80. The Hall–Kier alpha value is -4.40. The zero-order valence-corrected chi connectivity index (χ0v) is 17.8. The molecule has 9 heteroatoms. The number of fused-ring (bicyclic) bond motifs is 2. The highest BCUT2D eigenvalue weighted by atomic mass is 16.7. The fraction of sp³-hybridized carbons (Fsp3) is 0.167. The van der Waals surface area contributed by atoms with Gasteiger partial charge in [-0.05, 0) is 36.4 Å². The number of ether oxygens (including phenoxy) is 3. The van der Waals surface area contributed by atoms with Gasteiger partial charge in [0.1, 0.15) is 18.0 Å². The fourth-order valence-electron chi connectivity index (χ4n) is 3.68. The average Bonchev–Trinajstić information content (AvgIpc) is 3.25. The average molecular weight is 444 g/mol. The second kappa shape index (κ2) is 8.62. The molecule has 0 bridgehead atoms. The van der Waals surface area contributed by atoms with E-state index in [1.165, 1.54) is 4.90 Å². The zero-order valence-electron chi connectivity index (χ0n) is 17.8. The summed E-state index contributed by atoms with van der Waals surface area (Å²) in [5.41, 5.74) is 2.40. The molecule has 3 heterocycles. The molecule has 2 aliphatic rings. The highest BCUT2D eigenvalue weighted by Gasteiger charge is 2.28. The van der Waals surface area contributed by atoms with Crippen molar-refractivity contribution in [3.8, 4) is 17.2 Å². The second-order valence-corrected chi connectivity index (χ2v) is 7.41. The summed E-state index contributed by atoms with van der Waals surface area (Å²) in [6.07, 6.45) is 1.59. The van der Waals surface area contributed by atoms with Gasteiger partial charge in [-0.2, -0.15) is 0 Å². The van der Waals surface area contributed by atoms with E-state index in [1.54, 1.807) is 43.6 Å². The van der Waals surface area contributed by atoms with Gasteiger partial charge in [-0.1, -0.05) is 12.1 Å². The van der Waals surface area contributed by atoms with Crippen molar-refractivity contribution in [2.75, 3.05) is 30.7 Å². The van der Waals surface area contributed by atoms with Gasteiger partial charge in [0.2, 0.25) is 18.6 Å². The van der Waals surface area contributed by atoms with Crippen LogP contribution in [0.3, 0.4) is 0 Å². The van der Waals surface area contributed by atoms with Crippen LogP contribution in [0.1, 0.15) is 12.0 Å². The molecule has 1 N–H and O–H groups in total. The molecule has 33 heavy (non-hydrogen) atoms. The van der Waals surface area contributed by atoms with Crippen molar-refractivity contribution in [1.82, 2.24) is 4.98 Å². The monoisotopic (exact) mass is 444 g/mol. The van der Waals surface area contributed by atoms with E-state index >= 15 is 0 Å². The lowest BCUT2D eigenvalue weighted by Crippen LogP contribution is -2.38. The summed E-state index contributed by atoms with van der Waals surface area (Å²) in [4.78, 5) is 36.4. The molecule has 0 aliphatic carbocycles. The second-order valence-electron chi connectivity index (χ2n) is 7.41. The van der Waals surface area contributed by atoms with Crippen molar-refractivity contribution in [2.24, 2.45) is 4.99 Å². The Labute approximate surface area is 189 Å². The Morgan fingerprint density at radius 2 is 2.00 bits per heavy atom. The molecular formula is C24H20N4O5. The summed E-state index contributed by atoms with van der Waals surface area (Å²) >= 11 is 0. The molecule has 0 atom stereocenters. The number of nitrogens with zero attached hydrogens (tertiary/aromatic N) is 3. The third-order valence-electron chi connectivity index (χ3n) is 5.26. The molecule has 2 aliphatic heterocycles. The topological polar surface area (TPSA) is 102 Å². The molecule has 0 saturated heterocycles. The predicted octanol–water partition coefficient (Wildman–Crippen LogP) is 3.32. The maximum absolute atomic E-state index is 13.2. The van der Waals surface area contributed by atoms with Gasteiger partial charge in [0.25, 0.3) is 0 Å². The first kappa shape index (κ1) is 20.5. The Morgan fingerprint density at radius 3 is 2.88 bits per heavy atom. The minimum Gasteiger partial charge on any atom is -0.497 e. The fourth-order valence-corrected chi connectivity index (χ4v) is 3.68. The van der Waals surface area contributed by atoms with Crippen molar-refractivity contribution in [3.05, 3.63) is 66.4 Å². The van der Waals surface area contributed by atoms with E-state index in [4.69, 9.17) is 19.2 Å². The summed E-state index contributed by atoms with van der Waals surface area (Å²) in [7, 11) is 1.58. The van der Waals surface area contributed by atoms with Gasteiger partial charge in [-0.15, -0.1) is 0 Å². The summed E-state index contributed by atoms with van der Waals surface area (Å²) < 4.78 is 15.9. The molecule has 0 spiro atoms. The standard InChI is InChI=1S/C24H20N4O5/c1-31-17-5-2-4-15(10-17)19-12-23(30)28(24-18(27-19)6-3-9-25-24)13-22(29)26-16-7-8-20-21(11-16)33-14-32-20/h2-11H,12-14H2,1H3,(H,26,29). The highest BCUT2D eigenvalue weighted by molar-refractivity contribution is 6.18. The van der Waals surface area contributed by atoms with Crippen molar-refractivity contribution in [1.29, 1.82) is 0 Å². The lowest BCUT2D eigenvalue weighted by molar-refractivity contribution is -0.120. The van der Waals surface area contributed by atoms with Gasteiger partial charge >= 0.3 is 0 Å². The third kappa shape index (κ3) is 4.20. The number of hydrogen-bond donors (Lipinski definition) is 1. The van der Waals surface area contributed by atoms with Gasteiger partial charge in [0, 0.05) is 23.5 Å². The van der Waals surface area contributed by atoms with Gasteiger partial charge in [-0.3, -0.25) is 14.5 Å². The van der Waals surface area contributed by atoms with Crippen LogP contribution in [-0.2, 0) is 9.59 Å². The van der Waals surface area contributed by atoms with Crippen molar-refractivity contribution in [3.63, 3.8) is 0 Å². The number of carbonyl (C=O) groups excluding carboxylic acids is 2. The van der Waals surface area contributed by atoms with E-state index in [0.717, 1.165) is 5.56 Å². The van der Waals surface area contributed by atoms with Crippen LogP contribution >= 0.6 is 0 Å². The van der Waals surface area contributed by atoms with Crippen molar-refractivity contribution < 1.29 is 23.8 Å². The number of aromatic nitrogens is 1. The van der Waals surface area contributed by atoms with Crippen LogP contribution in [-0.4, -0.2) is 43.0 Å². The number of benzene rings is 2. The maximum Gasteiger partial charge on any atom is 0.244 e.